The summed E-state index contributed by atoms with van der Waals surface area (Å²) in [5.74, 6) is 0.887. The van der Waals surface area contributed by atoms with Crippen molar-refractivity contribution in [3.05, 3.63) is 33.6 Å². The summed E-state index contributed by atoms with van der Waals surface area (Å²) in [7, 11) is 0. The molecule has 0 saturated heterocycles. The fraction of sp³-hybridized carbons (Fsp3) is 0.353. The molecule has 0 spiro atoms. The van der Waals surface area contributed by atoms with E-state index in [-0.39, 0.29) is 0 Å². The van der Waals surface area contributed by atoms with Crippen molar-refractivity contribution in [2.45, 2.75) is 27.7 Å². The molecule has 0 unspecified atom stereocenters. The monoisotopic (exact) mass is 407 g/mol. The first kappa shape index (κ1) is 20.5. The lowest BCUT2D eigenvalue weighted by atomic mass is 10.2. The van der Waals surface area contributed by atoms with Crippen LogP contribution in [0.15, 0.2) is 16.6 Å². The van der Waals surface area contributed by atoms with Crippen LogP contribution in [0.3, 0.4) is 0 Å². The van der Waals surface area contributed by atoms with Crippen molar-refractivity contribution in [1.29, 1.82) is 5.26 Å². The number of nitrogens with zero attached hydrogens (tertiary/aromatic N) is 3. The third kappa shape index (κ3) is 5.80. The summed E-state index contributed by atoms with van der Waals surface area (Å²) in [5, 5.41) is 8.77. The molecule has 0 aliphatic carbocycles. The van der Waals surface area contributed by atoms with Crippen molar-refractivity contribution >= 4 is 27.3 Å². The summed E-state index contributed by atoms with van der Waals surface area (Å²) in [6.07, 6.45) is 0. The van der Waals surface area contributed by atoms with Gasteiger partial charge < -0.3 is 20.9 Å². The lowest BCUT2D eigenvalue weighted by Gasteiger charge is -2.07. The zero-order valence-electron chi connectivity index (χ0n) is 14.8. The average Bonchev–Trinajstić information content (AvgIpc) is 2.53. The third-order valence-electron chi connectivity index (χ3n) is 2.90. The number of rotatable bonds is 4. The van der Waals surface area contributed by atoms with Gasteiger partial charge in [-0.1, -0.05) is 0 Å². The Kier molecular flexibility index (Phi) is 7.95. The van der Waals surface area contributed by atoms with Gasteiger partial charge in [0.2, 0.25) is 11.8 Å². The van der Waals surface area contributed by atoms with Crippen LogP contribution in [0.5, 0.6) is 11.8 Å². The molecule has 0 aromatic carbocycles. The largest absolute Gasteiger partial charge is 0.477 e. The first-order chi connectivity index (χ1) is 11.8. The number of nitrogen functional groups attached to an aromatic ring is 2. The maximum Gasteiger partial charge on any atom is 0.234 e. The summed E-state index contributed by atoms with van der Waals surface area (Å²) >= 11 is 3.30. The number of halogens is 1. The van der Waals surface area contributed by atoms with E-state index in [1.54, 1.807) is 19.1 Å². The Morgan fingerprint density at radius 1 is 1.00 bits per heavy atom. The summed E-state index contributed by atoms with van der Waals surface area (Å²) in [6, 6.07) is 5.42. The van der Waals surface area contributed by atoms with Crippen LogP contribution in [0.25, 0.3) is 0 Å². The second kappa shape index (κ2) is 9.69. The van der Waals surface area contributed by atoms with Gasteiger partial charge in [0.05, 0.1) is 24.6 Å². The molecule has 0 radical (unpaired) electrons. The van der Waals surface area contributed by atoms with Crippen LogP contribution in [-0.2, 0) is 0 Å². The highest BCUT2D eigenvalue weighted by molar-refractivity contribution is 9.10. The number of aryl methyl sites for hydroxylation is 2. The first-order valence-corrected chi connectivity index (χ1v) is 8.48. The molecule has 2 rings (SSSR count). The maximum absolute atomic E-state index is 8.77. The molecule has 0 amide bonds. The van der Waals surface area contributed by atoms with E-state index in [0.29, 0.717) is 41.9 Å². The van der Waals surface area contributed by atoms with E-state index in [2.05, 4.69) is 25.9 Å². The molecule has 8 heteroatoms. The molecule has 2 aromatic heterocycles. The fourth-order valence-corrected chi connectivity index (χ4v) is 2.23. The van der Waals surface area contributed by atoms with Gasteiger partial charge in [-0.15, -0.1) is 0 Å². The molecule has 7 nitrogen and oxygen atoms in total. The van der Waals surface area contributed by atoms with E-state index in [1.165, 1.54) is 0 Å². The maximum atomic E-state index is 8.77. The molecular formula is C17H22BrN5O2. The Bertz CT molecular complexity index is 775. The molecule has 25 heavy (non-hydrogen) atoms. The predicted molar refractivity (Wildman–Crippen MR) is 102 cm³/mol. The standard InChI is InChI=1S/C9H11N3O.C8H11BrN2O/c1-3-13-9-7(5-10)8(11)4-6(2)12-9;1-3-12-8-7(9)6(10)4-5(2)11-8/h4H,3H2,1-2H3,(H2,11,12);4H,3H2,1-2H3,(H2,10,11). The van der Waals surface area contributed by atoms with Gasteiger partial charge in [-0.3, -0.25) is 0 Å². The Balaban J connectivity index is 0.000000251. The Morgan fingerprint density at radius 3 is 2.00 bits per heavy atom. The minimum Gasteiger partial charge on any atom is -0.477 e. The number of pyridine rings is 2. The second-order valence-electron chi connectivity index (χ2n) is 4.98. The van der Waals surface area contributed by atoms with Gasteiger partial charge in [0.15, 0.2) is 0 Å². The average molecular weight is 408 g/mol. The smallest absolute Gasteiger partial charge is 0.234 e. The normalized spacial score (nSPS) is 9.60. The Morgan fingerprint density at radius 2 is 1.48 bits per heavy atom. The molecular weight excluding hydrogens is 386 g/mol. The van der Waals surface area contributed by atoms with Gasteiger partial charge in [0.25, 0.3) is 0 Å². The van der Waals surface area contributed by atoms with E-state index in [0.717, 1.165) is 15.9 Å². The molecule has 2 heterocycles. The molecule has 134 valence electrons. The molecule has 0 aliphatic heterocycles. The van der Waals surface area contributed by atoms with Crippen LogP contribution in [0, 0.1) is 25.2 Å². The van der Waals surface area contributed by atoms with Crippen molar-refractivity contribution in [1.82, 2.24) is 9.97 Å². The SMILES string of the molecule is CCOc1nc(C)cc(N)c1Br.CCOc1nc(C)cc(N)c1C#N. The van der Waals surface area contributed by atoms with Gasteiger partial charge in [-0.2, -0.15) is 5.26 Å². The summed E-state index contributed by atoms with van der Waals surface area (Å²) < 4.78 is 11.2. The number of nitriles is 1. The van der Waals surface area contributed by atoms with Crippen LogP contribution in [0.4, 0.5) is 11.4 Å². The quantitative estimate of drug-likeness (QED) is 0.796. The predicted octanol–water partition coefficient (Wildman–Crippen LogP) is 3.38. The van der Waals surface area contributed by atoms with Crippen molar-refractivity contribution in [2.75, 3.05) is 24.7 Å². The van der Waals surface area contributed by atoms with Crippen molar-refractivity contribution in [2.24, 2.45) is 0 Å². The fourth-order valence-electron chi connectivity index (χ4n) is 1.91. The number of hydrogen-bond acceptors (Lipinski definition) is 7. The topological polar surface area (TPSA) is 120 Å². The molecule has 0 saturated carbocycles. The number of nitrogens with two attached hydrogens (primary N) is 2. The van der Waals surface area contributed by atoms with E-state index in [1.807, 2.05) is 26.8 Å². The lowest BCUT2D eigenvalue weighted by molar-refractivity contribution is 0.324. The number of anilines is 2. The van der Waals surface area contributed by atoms with Gasteiger partial charge in [-0.05, 0) is 55.8 Å². The van der Waals surface area contributed by atoms with Crippen molar-refractivity contribution in [3.8, 4) is 17.8 Å². The molecule has 0 aliphatic rings. The number of hydrogen-bond donors (Lipinski definition) is 2. The van der Waals surface area contributed by atoms with Gasteiger partial charge in [-0.25, -0.2) is 9.97 Å². The van der Waals surface area contributed by atoms with Crippen molar-refractivity contribution < 1.29 is 9.47 Å². The van der Waals surface area contributed by atoms with E-state index in [4.69, 9.17) is 26.2 Å². The minimum absolute atomic E-state index is 0.312. The molecule has 2 aromatic rings. The van der Waals surface area contributed by atoms with E-state index >= 15 is 0 Å². The van der Waals surface area contributed by atoms with Gasteiger partial charge in [0, 0.05) is 11.4 Å². The highest BCUT2D eigenvalue weighted by Crippen LogP contribution is 2.29. The summed E-state index contributed by atoms with van der Waals surface area (Å²) in [4.78, 5) is 8.24. The zero-order valence-corrected chi connectivity index (χ0v) is 16.3. The molecule has 4 N–H and O–H groups in total. The highest BCUT2D eigenvalue weighted by atomic mass is 79.9. The second-order valence-corrected chi connectivity index (χ2v) is 5.78. The van der Waals surface area contributed by atoms with Gasteiger partial charge >= 0.3 is 0 Å². The first-order valence-electron chi connectivity index (χ1n) is 7.69. The van der Waals surface area contributed by atoms with E-state index in [9.17, 15) is 0 Å². The van der Waals surface area contributed by atoms with E-state index < -0.39 is 0 Å². The van der Waals surface area contributed by atoms with Gasteiger partial charge in [0.1, 0.15) is 16.1 Å². The number of ether oxygens (including phenoxy) is 2. The minimum atomic E-state index is 0.312. The zero-order chi connectivity index (χ0) is 19.0. The Labute approximate surface area is 156 Å². The molecule has 0 atom stereocenters. The molecule has 0 fully saturated rings. The van der Waals surface area contributed by atoms with Crippen LogP contribution in [0.2, 0.25) is 0 Å². The summed E-state index contributed by atoms with van der Waals surface area (Å²) in [6.45, 7) is 8.50. The summed E-state index contributed by atoms with van der Waals surface area (Å²) in [5.41, 5.74) is 14.3. The van der Waals surface area contributed by atoms with Crippen molar-refractivity contribution in [3.63, 3.8) is 0 Å². The van der Waals surface area contributed by atoms with Crippen LogP contribution >= 0.6 is 15.9 Å². The highest BCUT2D eigenvalue weighted by Gasteiger charge is 2.09. The number of aromatic nitrogens is 2. The molecule has 0 bridgehead atoms. The van der Waals surface area contributed by atoms with Crippen LogP contribution in [0.1, 0.15) is 30.8 Å². The van der Waals surface area contributed by atoms with Crippen LogP contribution in [-0.4, -0.2) is 23.2 Å². The lowest BCUT2D eigenvalue weighted by Crippen LogP contribution is -2.02. The third-order valence-corrected chi connectivity index (χ3v) is 3.70. The Hall–Kier alpha value is -2.53. The van der Waals surface area contributed by atoms with Crippen LogP contribution < -0.4 is 20.9 Å².